The van der Waals surface area contributed by atoms with Crippen LogP contribution in [0.2, 0.25) is 0 Å². The standard InChI is InChI=1S/C12H23N3O/c1-13-10-4-6-12(7-5-10)11(16)14(2)8-9-15(12)3/h10,13H,4-9H2,1-3H3. The molecule has 0 aromatic carbocycles. The number of carbonyl (C=O) groups is 1. The molecule has 1 N–H and O–H groups in total. The number of likely N-dealkylation sites (N-methyl/N-ethyl adjacent to an activating group) is 2. The van der Waals surface area contributed by atoms with Gasteiger partial charge in [-0.25, -0.2) is 0 Å². The van der Waals surface area contributed by atoms with Crippen LogP contribution in [0.5, 0.6) is 0 Å². The predicted octanol–water partition coefficient (Wildman–Crippen LogP) is 0.291. The number of hydrogen-bond donors (Lipinski definition) is 1. The Morgan fingerprint density at radius 3 is 2.44 bits per heavy atom. The van der Waals surface area contributed by atoms with Gasteiger partial charge in [-0.15, -0.1) is 0 Å². The number of hydrogen-bond acceptors (Lipinski definition) is 3. The third-order valence-corrected chi connectivity index (χ3v) is 4.47. The largest absolute Gasteiger partial charge is 0.343 e. The van der Waals surface area contributed by atoms with Crippen LogP contribution in [0.4, 0.5) is 0 Å². The van der Waals surface area contributed by atoms with E-state index in [0.29, 0.717) is 11.9 Å². The topological polar surface area (TPSA) is 35.6 Å². The molecule has 0 aromatic rings. The second kappa shape index (κ2) is 4.34. The third-order valence-electron chi connectivity index (χ3n) is 4.47. The maximum absolute atomic E-state index is 12.4. The van der Waals surface area contributed by atoms with Crippen LogP contribution < -0.4 is 5.32 Å². The lowest BCUT2D eigenvalue weighted by Crippen LogP contribution is -2.65. The molecule has 92 valence electrons. The maximum Gasteiger partial charge on any atom is 0.242 e. The van der Waals surface area contributed by atoms with Crippen LogP contribution >= 0.6 is 0 Å². The van der Waals surface area contributed by atoms with Gasteiger partial charge in [0.1, 0.15) is 5.54 Å². The molecule has 1 amide bonds. The molecule has 0 bridgehead atoms. The molecule has 2 rings (SSSR count). The van der Waals surface area contributed by atoms with E-state index in [0.717, 1.165) is 38.8 Å². The molecule has 4 nitrogen and oxygen atoms in total. The highest BCUT2D eigenvalue weighted by Crippen LogP contribution is 2.36. The monoisotopic (exact) mass is 225 g/mol. The fourth-order valence-corrected chi connectivity index (χ4v) is 3.11. The van der Waals surface area contributed by atoms with E-state index in [1.165, 1.54) is 0 Å². The molecule has 1 saturated carbocycles. The molecule has 1 heterocycles. The summed E-state index contributed by atoms with van der Waals surface area (Å²) in [4.78, 5) is 16.6. The highest BCUT2D eigenvalue weighted by molar-refractivity contribution is 5.87. The summed E-state index contributed by atoms with van der Waals surface area (Å²) in [5.41, 5.74) is -0.194. The summed E-state index contributed by atoms with van der Waals surface area (Å²) < 4.78 is 0. The molecule has 0 atom stereocenters. The van der Waals surface area contributed by atoms with Crippen LogP contribution in [0.1, 0.15) is 25.7 Å². The summed E-state index contributed by atoms with van der Waals surface area (Å²) in [5.74, 6) is 0.329. The van der Waals surface area contributed by atoms with E-state index >= 15 is 0 Å². The minimum atomic E-state index is -0.194. The summed E-state index contributed by atoms with van der Waals surface area (Å²) in [6.45, 7) is 1.87. The van der Waals surface area contributed by atoms with Gasteiger partial charge in [0.05, 0.1) is 0 Å². The van der Waals surface area contributed by atoms with Gasteiger partial charge in [0.25, 0.3) is 0 Å². The first kappa shape index (κ1) is 11.9. The molecule has 2 aliphatic rings. The Hall–Kier alpha value is -0.610. The molecule has 0 aromatic heterocycles. The van der Waals surface area contributed by atoms with Crippen molar-refractivity contribution in [3.63, 3.8) is 0 Å². The van der Waals surface area contributed by atoms with Crippen LogP contribution in [0.15, 0.2) is 0 Å². The van der Waals surface area contributed by atoms with Crippen LogP contribution in [0.25, 0.3) is 0 Å². The normalized spacial score (nSPS) is 37.1. The Morgan fingerprint density at radius 1 is 1.25 bits per heavy atom. The van der Waals surface area contributed by atoms with Crippen molar-refractivity contribution in [3.05, 3.63) is 0 Å². The van der Waals surface area contributed by atoms with Crippen molar-refractivity contribution in [1.29, 1.82) is 0 Å². The van der Waals surface area contributed by atoms with E-state index in [1.807, 2.05) is 19.0 Å². The van der Waals surface area contributed by atoms with E-state index in [9.17, 15) is 4.79 Å². The molecule has 0 radical (unpaired) electrons. The molecule has 1 spiro atoms. The van der Waals surface area contributed by atoms with Gasteiger partial charge in [0, 0.05) is 26.2 Å². The summed E-state index contributed by atoms with van der Waals surface area (Å²) in [7, 11) is 6.05. The molecule has 2 fully saturated rings. The maximum atomic E-state index is 12.4. The Balaban J connectivity index is 2.13. The zero-order chi connectivity index (χ0) is 11.8. The smallest absolute Gasteiger partial charge is 0.242 e. The first-order valence-electron chi connectivity index (χ1n) is 6.24. The summed E-state index contributed by atoms with van der Waals surface area (Å²) >= 11 is 0. The fraction of sp³-hybridized carbons (Fsp3) is 0.917. The first-order valence-corrected chi connectivity index (χ1v) is 6.24. The molecular weight excluding hydrogens is 202 g/mol. The molecular formula is C12H23N3O. The van der Waals surface area contributed by atoms with E-state index < -0.39 is 0 Å². The van der Waals surface area contributed by atoms with Crippen LogP contribution in [0.3, 0.4) is 0 Å². The van der Waals surface area contributed by atoms with Gasteiger partial charge >= 0.3 is 0 Å². The van der Waals surface area contributed by atoms with Gasteiger partial charge in [-0.05, 0) is 39.8 Å². The van der Waals surface area contributed by atoms with Crippen LogP contribution in [0, 0.1) is 0 Å². The summed E-state index contributed by atoms with van der Waals surface area (Å²) in [6.07, 6.45) is 4.22. The first-order chi connectivity index (χ1) is 7.60. The lowest BCUT2D eigenvalue weighted by molar-refractivity contribution is -0.151. The third kappa shape index (κ3) is 1.74. The number of nitrogens with zero attached hydrogens (tertiary/aromatic N) is 2. The number of nitrogens with one attached hydrogen (secondary N) is 1. The van der Waals surface area contributed by atoms with Crippen LogP contribution in [-0.4, -0.2) is 61.5 Å². The van der Waals surface area contributed by atoms with E-state index in [4.69, 9.17) is 0 Å². The molecule has 1 aliphatic carbocycles. The Kier molecular flexibility index (Phi) is 3.22. The quantitative estimate of drug-likeness (QED) is 0.697. The Morgan fingerprint density at radius 2 is 1.88 bits per heavy atom. The van der Waals surface area contributed by atoms with Crippen molar-refractivity contribution in [2.45, 2.75) is 37.3 Å². The highest BCUT2D eigenvalue weighted by Gasteiger charge is 2.48. The van der Waals surface area contributed by atoms with Crippen molar-refractivity contribution < 1.29 is 4.79 Å². The average molecular weight is 225 g/mol. The number of rotatable bonds is 1. The van der Waals surface area contributed by atoms with Crippen LogP contribution in [-0.2, 0) is 4.79 Å². The number of amides is 1. The molecule has 1 saturated heterocycles. The number of carbonyl (C=O) groups excluding carboxylic acids is 1. The SMILES string of the molecule is CNC1CCC2(CC1)C(=O)N(C)CCN2C. The van der Waals surface area contributed by atoms with Gasteiger partial charge in [0.15, 0.2) is 0 Å². The van der Waals surface area contributed by atoms with E-state index in [-0.39, 0.29) is 5.54 Å². The second-order valence-corrected chi connectivity index (χ2v) is 5.24. The van der Waals surface area contributed by atoms with Crippen molar-refractivity contribution in [2.24, 2.45) is 0 Å². The fourth-order valence-electron chi connectivity index (χ4n) is 3.11. The average Bonchev–Trinajstić information content (AvgIpc) is 2.33. The van der Waals surface area contributed by atoms with E-state index in [2.05, 4.69) is 17.3 Å². The van der Waals surface area contributed by atoms with Gasteiger partial charge in [-0.2, -0.15) is 0 Å². The molecule has 1 aliphatic heterocycles. The van der Waals surface area contributed by atoms with Crippen molar-refractivity contribution in [3.8, 4) is 0 Å². The van der Waals surface area contributed by atoms with Gasteiger partial charge in [-0.1, -0.05) is 0 Å². The Bertz CT molecular complexity index is 271. The summed E-state index contributed by atoms with van der Waals surface area (Å²) in [5, 5.41) is 3.32. The zero-order valence-corrected chi connectivity index (χ0v) is 10.6. The zero-order valence-electron chi connectivity index (χ0n) is 10.6. The lowest BCUT2D eigenvalue weighted by atomic mass is 9.76. The van der Waals surface area contributed by atoms with Crippen molar-refractivity contribution >= 4 is 5.91 Å². The molecule has 4 heteroatoms. The number of piperazine rings is 1. The van der Waals surface area contributed by atoms with Crippen molar-refractivity contribution in [1.82, 2.24) is 15.1 Å². The van der Waals surface area contributed by atoms with Gasteiger partial charge in [0.2, 0.25) is 5.91 Å². The van der Waals surface area contributed by atoms with E-state index in [1.54, 1.807) is 0 Å². The molecule has 16 heavy (non-hydrogen) atoms. The lowest BCUT2D eigenvalue weighted by Gasteiger charge is -2.50. The summed E-state index contributed by atoms with van der Waals surface area (Å²) in [6, 6.07) is 0.596. The van der Waals surface area contributed by atoms with Gasteiger partial charge < -0.3 is 10.2 Å². The minimum absolute atomic E-state index is 0.194. The highest BCUT2D eigenvalue weighted by atomic mass is 16.2. The minimum Gasteiger partial charge on any atom is -0.343 e. The predicted molar refractivity (Wildman–Crippen MR) is 64.3 cm³/mol. The Labute approximate surface area is 98.0 Å². The van der Waals surface area contributed by atoms with Gasteiger partial charge in [-0.3, -0.25) is 9.69 Å². The van der Waals surface area contributed by atoms with Crippen molar-refractivity contribution in [2.75, 3.05) is 34.2 Å². The second-order valence-electron chi connectivity index (χ2n) is 5.24. The molecule has 0 unspecified atom stereocenters.